The van der Waals surface area contributed by atoms with Crippen LogP contribution in [0.4, 0.5) is 10.5 Å². The lowest BCUT2D eigenvalue weighted by Gasteiger charge is -2.38. The van der Waals surface area contributed by atoms with Crippen LogP contribution in [-0.4, -0.2) is 76.8 Å². The number of hydrogen-bond donors (Lipinski definition) is 3. The molecule has 1 aliphatic rings. The molecule has 2 aromatic rings. The van der Waals surface area contributed by atoms with E-state index in [2.05, 4.69) is 20.5 Å². The molecule has 3 rings (SSSR count). The van der Waals surface area contributed by atoms with Crippen molar-refractivity contribution >= 4 is 17.6 Å². The number of aliphatic hydroxyl groups excluding tert-OH is 1. The van der Waals surface area contributed by atoms with Gasteiger partial charge in [-0.05, 0) is 57.6 Å². The van der Waals surface area contributed by atoms with Crippen LogP contribution in [0.1, 0.15) is 43.6 Å². The molecule has 2 heterocycles. The second kappa shape index (κ2) is 12.0. The van der Waals surface area contributed by atoms with Crippen LogP contribution in [0.25, 0.3) is 0 Å². The summed E-state index contributed by atoms with van der Waals surface area (Å²) in [5.74, 6) is 0.0869. The Kier molecular flexibility index (Phi) is 9.06. The predicted octanol–water partition coefficient (Wildman–Crippen LogP) is 2.96. The van der Waals surface area contributed by atoms with Crippen molar-refractivity contribution in [2.24, 2.45) is 5.92 Å². The molecule has 1 aromatic heterocycles. The molecule has 9 nitrogen and oxygen atoms in total. The maximum absolute atomic E-state index is 13.5. The number of rotatable bonds is 8. The van der Waals surface area contributed by atoms with E-state index in [0.29, 0.717) is 36.6 Å². The standard InChI is InChI=1S/C26H37N5O4/c1-17(2)28-26(34)29-22-8-6-7-21-24(22)35-23(15-30(5)14-20-9-11-27-12-10-20)18(3)13-31(25(21)33)19(4)16-32/h6-12,17-19,23,32H,13-16H2,1-5H3,(H2,28,29,34)/t18-,19+,23+/m0/s1. The highest BCUT2D eigenvalue weighted by atomic mass is 16.5. The number of amides is 3. The fraction of sp³-hybridized carbons (Fsp3) is 0.500. The molecule has 9 heteroatoms. The van der Waals surface area contributed by atoms with Crippen LogP contribution in [0.15, 0.2) is 42.7 Å². The zero-order valence-electron chi connectivity index (χ0n) is 21.2. The molecule has 1 aliphatic heterocycles. The zero-order chi connectivity index (χ0) is 25.5. The number of pyridine rings is 1. The summed E-state index contributed by atoms with van der Waals surface area (Å²) in [4.78, 5) is 33.9. The first-order valence-corrected chi connectivity index (χ1v) is 12.1. The van der Waals surface area contributed by atoms with Crippen LogP contribution in [0.5, 0.6) is 5.75 Å². The summed E-state index contributed by atoms with van der Waals surface area (Å²) in [6.45, 7) is 9.24. The van der Waals surface area contributed by atoms with Gasteiger partial charge in [0.15, 0.2) is 5.75 Å². The Morgan fingerprint density at radius 3 is 2.63 bits per heavy atom. The van der Waals surface area contributed by atoms with E-state index < -0.39 is 0 Å². The number of carbonyl (C=O) groups is 2. The van der Waals surface area contributed by atoms with Crippen LogP contribution < -0.4 is 15.4 Å². The monoisotopic (exact) mass is 483 g/mol. The quantitative estimate of drug-likeness (QED) is 0.533. The van der Waals surface area contributed by atoms with Crippen molar-refractivity contribution in [1.82, 2.24) is 20.1 Å². The third-order valence-electron chi connectivity index (χ3n) is 6.05. The summed E-state index contributed by atoms with van der Waals surface area (Å²) >= 11 is 0. The molecule has 0 aliphatic carbocycles. The van der Waals surface area contributed by atoms with E-state index in [9.17, 15) is 14.7 Å². The van der Waals surface area contributed by atoms with Gasteiger partial charge in [0.05, 0.1) is 23.9 Å². The zero-order valence-corrected chi connectivity index (χ0v) is 21.2. The number of urea groups is 1. The van der Waals surface area contributed by atoms with Crippen molar-refractivity contribution in [3.05, 3.63) is 53.9 Å². The highest BCUT2D eigenvalue weighted by Gasteiger charge is 2.34. The lowest BCUT2D eigenvalue weighted by Crippen LogP contribution is -2.49. The number of aromatic nitrogens is 1. The van der Waals surface area contributed by atoms with Crippen LogP contribution in [0.3, 0.4) is 0 Å². The number of nitrogens with zero attached hydrogens (tertiary/aromatic N) is 3. The first kappa shape index (κ1) is 26.4. The van der Waals surface area contributed by atoms with Crippen LogP contribution >= 0.6 is 0 Å². The van der Waals surface area contributed by atoms with Gasteiger partial charge in [0, 0.05) is 44.0 Å². The number of benzene rings is 1. The minimum absolute atomic E-state index is 0.0291. The normalized spacial score (nSPS) is 19.0. The summed E-state index contributed by atoms with van der Waals surface area (Å²) in [6.07, 6.45) is 3.28. The van der Waals surface area contributed by atoms with Crippen molar-refractivity contribution in [2.75, 3.05) is 32.1 Å². The minimum Gasteiger partial charge on any atom is -0.486 e. The lowest BCUT2D eigenvalue weighted by atomic mass is 9.99. The molecule has 0 radical (unpaired) electrons. The first-order chi connectivity index (χ1) is 16.7. The van der Waals surface area contributed by atoms with E-state index in [4.69, 9.17) is 4.74 Å². The summed E-state index contributed by atoms with van der Waals surface area (Å²) in [5, 5.41) is 15.5. The van der Waals surface area contributed by atoms with Crippen LogP contribution in [0.2, 0.25) is 0 Å². The number of aliphatic hydroxyl groups is 1. The van der Waals surface area contributed by atoms with E-state index in [-0.39, 0.29) is 42.7 Å². The highest BCUT2D eigenvalue weighted by Crippen LogP contribution is 2.35. The predicted molar refractivity (Wildman–Crippen MR) is 135 cm³/mol. The summed E-state index contributed by atoms with van der Waals surface area (Å²) < 4.78 is 6.52. The summed E-state index contributed by atoms with van der Waals surface area (Å²) in [5.41, 5.74) is 1.93. The van der Waals surface area contributed by atoms with Gasteiger partial charge in [-0.3, -0.25) is 14.7 Å². The number of ether oxygens (including phenoxy) is 1. The average molecular weight is 484 g/mol. The van der Waals surface area contributed by atoms with Gasteiger partial charge in [0.2, 0.25) is 0 Å². The average Bonchev–Trinajstić information content (AvgIpc) is 2.81. The molecule has 3 N–H and O–H groups in total. The number of anilines is 1. The second-order valence-corrected chi connectivity index (χ2v) is 9.61. The maximum Gasteiger partial charge on any atom is 0.319 e. The largest absolute Gasteiger partial charge is 0.486 e. The van der Waals surface area contributed by atoms with Gasteiger partial charge in [-0.1, -0.05) is 13.0 Å². The molecule has 0 saturated carbocycles. The van der Waals surface area contributed by atoms with Gasteiger partial charge in [-0.25, -0.2) is 4.79 Å². The van der Waals surface area contributed by atoms with Gasteiger partial charge in [0.1, 0.15) is 6.10 Å². The third kappa shape index (κ3) is 6.93. The van der Waals surface area contributed by atoms with Gasteiger partial charge >= 0.3 is 6.03 Å². The third-order valence-corrected chi connectivity index (χ3v) is 6.05. The minimum atomic E-state index is -0.369. The van der Waals surface area contributed by atoms with Crippen LogP contribution in [-0.2, 0) is 6.54 Å². The van der Waals surface area contributed by atoms with E-state index >= 15 is 0 Å². The van der Waals surface area contributed by atoms with Gasteiger partial charge in [0.25, 0.3) is 5.91 Å². The Bertz CT molecular complexity index is 1000. The van der Waals surface area contributed by atoms with Crippen molar-refractivity contribution in [1.29, 1.82) is 0 Å². The molecular formula is C26H37N5O4. The van der Waals surface area contributed by atoms with Gasteiger partial charge in [-0.2, -0.15) is 0 Å². The Morgan fingerprint density at radius 1 is 1.26 bits per heavy atom. The molecule has 3 atom stereocenters. The fourth-order valence-electron chi connectivity index (χ4n) is 4.15. The molecule has 3 amide bonds. The Morgan fingerprint density at radius 2 is 1.97 bits per heavy atom. The molecule has 35 heavy (non-hydrogen) atoms. The van der Waals surface area contributed by atoms with Crippen molar-refractivity contribution in [2.45, 2.75) is 52.4 Å². The maximum atomic E-state index is 13.5. The number of carbonyl (C=O) groups excluding carboxylic acids is 2. The smallest absolute Gasteiger partial charge is 0.319 e. The van der Waals surface area contributed by atoms with Crippen LogP contribution in [0, 0.1) is 5.92 Å². The molecule has 0 bridgehead atoms. The Labute approximate surface area is 207 Å². The van der Waals surface area contributed by atoms with Gasteiger partial charge < -0.3 is 25.4 Å². The summed E-state index contributed by atoms with van der Waals surface area (Å²) in [7, 11) is 2.02. The number of nitrogens with one attached hydrogen (secondary N) is 2. The number of hydrogen-bond acceptors (Lipinski definition) is 6. The summed E-state index contributed by atoms with van der Waals surface area (Å²) in [6, 6.07) is 8.35. The molecule has 0 saturated heterocycles. The van der Waals surface area contributed by atoms with Crippen molar-refractivity contribution in [3.8, 4) is 5.75 Å². The Hall–Kier alpha value is -3.17. The topological polar surface area (TPSA) is 107 Å². The molecule has 190 valence electrons. The number of likely N-dealkylation sites (N-methyl/N-ethyl adjacent to an activating group) is 1. The van der Waals surface area contributed by atoms with Crippen molar-refractivity contribution < 1.29 is 19.4 Å². The lowest BCUT2D eigenvalue weighted by molar-refractivity contribution is 0.0343. The molecule has 0 spiro atoms. The van der Waals surface area contributed by atoms with E-state index in [1.165, 1.54) is 0 Å². The molecular weight excluding hydrogens is 446 g/mol. The molecule has 1 aromatic carbocycles. The fourth-order valence-corrected chi connectivity index (χ4v) is 4.15. The van der Waals surface area contributed by atoms with E-state index in [0.717, 1.165) is 5.56 Å². The van der Waals surface area contributed by atoms with E-state index in [1.807, 2.05) is 46.9 Å². The van der Waals surface area contributed by atoms with Gasteiger partial charge in [-0.15, -0.1) is 0 Å². The SMILES string of the molecule is CC(C)NC(=O)Nc1cccc2c1O[C@H](CN(C)Cc1ccncc1)[C@@H](C)CN([C@H](C)CO)C2=O. The number of fused-ring (bicyclic) bond motifs is 1. The molecule has 0 unspecified atom stereocenters. The van der Waals surface area contributed by atoms with Crippen molar-refractivity contribution in [3.63, 3.8) is 0 Å². The first-order valence-electron chi connectivity index (χ1n) is 12.1. The Balaban J connectivity index is 1.94. The number of para-hydroxylation sites is 1. The molecule has 0 fully saturated rings. The second-order valence-electron chi connectivity index (χ2n) is 9.61. The highest BCUT2D eigenvalue weighted by molar-refractivity contribution is 6.01. The van der Waals surface area contributed by atoms with E-state index in [1.54, 1.807) is 35.5 Å².